The molecule has 0 saturated heterocycles. The molecule has 1 saturated carbocycles. The van der Waals surface area contributed by atoms with Crippen LogP contribution in [0.5, 0.6) is 0 Å². The number of hydrogen-bond acceptors (Lipinski definition) is 4. The molecule has 1 aliphatic carbocycles. The minimum atomic E-state index is -3.61. The molecule has 6 nitrogen and oxygen atoms in total. The fourth-order valence-corrected chi connectivity index (χ4v) is 3.66. The number of carbonyl (C=O) groups excluding carboxylic acids is 1. The second kappa shape index (κ2) is 6.76. The van der Waals surface area contributed by atoms with Gasteiger partial charge in [0.25, 0.3) is 0 Å². The zero-order valence-electron chi connectivity index (χ0n) is 13.6. The number of aromatic nitrogens is 2. The number of nitrogens with zero attached hydrogens (tertiary/aromatic N) is 2. The van der Waals surface area contributed by atoms with Crippen LogP contribution in [0.1, 0.15) is 31.2 Å². The Balaban J connectivity index is 1.71. The van der Waals surface area contributed by atoms with Gasteiger partial charge in [-0.2, -0.15) is 0 Å². The maximum Gasteiger partial charge on any atom is 0.238 e. The van der Waals surface area contributed by atoms with E-state index in [-0.39, 0.29) is 11.8 Å². The van der Waals surface area contributed by atoms with Crippen molar-refractivity contribution in [1.29, 1.82) is 0 Å². The number of rotatable bonds is 7. The first kappa shape index (κ1) is 16.7. The SMILES string of the molecule is C[C@H](C(=O)NC1CC1)S(=O)(=O)Cc1nccn1Cc1ccccc1. The third kappa shape index (κ3) is 4.03. The van der Waals surface area contributed by atoms with Crippen molar-refractivity contribution in [2.75, 3.05) is 0 Å². The molecule has 2 aromatic rings. The molecule has 0 radical (unpaired) electrons. The molecule has 7 heteroatoms. The first-order valence-electron chi connectivity index (χ1n) is 8.01. The molecule has 1 heterocycles. The van der Waals surface area contributed by atoms with Gasteiger partial charge in [0, 0.05) is 25.0 Å². The summed E-state index contributed by atoms with van der Waals surface area (Å²) in [6.07, 6.45) is 5.20. The van der Waals surface area contributed by atoms with Crippen LogP contribution in [0.25, 0.3) is 0 Å². The van der Waals surface area contributed by atoms with E-state index in [9.17, 15) is 13.2 Å². The van der Waals surface area contributed by atoms with Gasteiger partial charge in [0.2, 0.25) is 5.91 Å². The van der Waals surface area contributed by atoms with Gasteiger partial charge in [-0.3, -0.25) is 4.79 Å². The van der Waals surface area contributed by atoms with Crippen LogP contribution < -0.4 is 5.32 Å². The number of benzene rings is 1. The molecule has 0 unspecified atom stereocenters. The van der Waals surface area contributed by atoms with E-state index in [1.165, 1.54) is 6.92 Å². The lowest BCUT2D eigenvalue weighted by Gasteiger charge is -2.14. The molecular formula is C17H21N3O3S. The Morgan fingerprint density at radius 1 is 1.33 bits per heavy atom. The topological polar surface area (TPSA) is 81.1 Å². The lowest BCUT2D eigenvalue weighted by molar-refractivity contribution is -0.120. The maximum atomic E-state index is 12.5. The number of hydrogen-bond donors (Lipinski definition) is 1. The van der Waals surface area contributed by atoms with Crippen LogP contribution in [-0.2, 0) is 26.9 Å². The molecule has 1 N–H and O–H groups in total. The average Bonchev–Trinajstić information content (AvgIpc) is 3.27. The van der Waals surface area contributed by atoms with Crippen molar-refractivity contribution in [3.05, 3.63) is 54.1 Å². The minimum Gasteiger partial charge on any atom is -0.352 e. The standard InChI is InChI=1S/C17H21N3O3S/c1-13(17(21)19-15-7-8-15)24(22,23)12-16-18-9-10-20(16)11-14-5-3-2-4-6-14/h2-6,9-10,13,15H,7-8,11-12H2,1H3,(H,19,21)/t13-/m1/s1. The van der Waals surface area contributed by atoms with Gasteiger partial charge in [-0.25, -0.2) is 13.4 Å². The van der Waals surface area contributed by atoms with E-state index in [2.05, 4.69) is 10.3 Å². The minimum absolute atomic E-state index is 0.148. The van der Waals surface area contributed by atoms with Gasteiger partial charge >= 0.3 is 0 Å². The highest BCUT2D eigenvalue weighted by molar-refractivity contribution is 7.92. The summed E-state index contributed by atoms with van der Waals surface area (Å²) < 4.78 is 26.9. The molecule has 1 atom stereocenters. The maximum absolute atomic E-state index is 12.5. The summed E-state index contributed by atoms with van der Waals surface area (Å²) >= 11 is 0. The molecule has 1 aliphatic rings. The second-order valence-electron chi connectivity index (χ2n) is 6.19. The summed E-state index contributed by atoms with van der Waals surface area (Å²) in [5, 5.41) is 1.68. The monoisotopic (exact) mass is 347 g/mol. The zero-order valence-corrected chi connectivity index (χ0v) is 14.4. The third-order valence-electron chi connectivity index (χ3n) is 4.16. The molecule has 24 heavy (non-hydrogen) atoms. The highest BCUT2D eigenvalue weighted by atomic mass is 32.2. The van der Waals surface area contributed by atoms with Crippen molar-refractivity contribution in [3.63, 3.8) is 0 Å². The van der Waals surface area contributed by atoms with Gasteiger partial charge in [-0.15, -0.1) is 0 Å². The van der Waals surface area contributed by atoms with Gasteiger partial charge in [0.15, 0.2) is 9.84 Å². The molecule has 0 spiro atoms. The van der Waals surface area contributed by atoms with E-state index >= 15 is 0 Å². The average molecular weight is 347 g/mol. The Bertz CT molecular complexity index is 811. The smallest absolute Gasteiger partial charge is 0.238 e. The van der Waals surface area contributed by atoms with Crippen molar-refractivity contribution in [2.24, 2.45) is 0 Å². The highest BCUT2D eigenvalue weighted by Gasteiger charge is 2.33. The molecule has 0 aliphatic heterocycles. The molecule has 128 valence electrons. The number of sulfone groups is 1. The van der Waals surface area contributed by atoms with Gasteiger partial charge < -0.3 is 9.88 Å². The highest BCUT2D eigenvalue weighted by Crippen LogP contribution is 2.20. The van der Waals surface area contributed by atoms with Crippen LogP contribution in [0.15, 0.2) is 42.7 Å². The summed E-state index contributed by atoms with van der Waals surface area (Å²) in [5.41, 5.74) is 1.06. The largest absolute Gasteiger partial charge is 0.352 e. The molecule has 1 aromatic carbocycles. The van der Waals surface area contributed by atoms with Crippen LogP contribution in [0, 0.1) is 0 Å². The quantitative estimate of drug-likeness (QED) is 0.823. The number of imidazole rings is 1. The summed E-state index contributed by atoms with van der Waals surface area (Å²) in [6.45, 7) is 1.99. The Morgan fingerprint density at radius 2 is 2.04 bits per heavy atom. The molecule has 1 aromatic heterocycles. The van der Waals surface area contributed by atoms with Gasteiger partial charge in [-0.05, 0) is 25.3 Å². The Kier molecular flexibility index (Phi) is 4.71. The van der Waals surface area contributed by atoms with E-state index in [0.29, 0.717) is 12.4 Å². The number of nitrogens with one attached hydrogen (secondary N) is 1. The molecule has 1 fully saturated rings. The fraction of sp³-hybridized carbons (Fsp3) is 0.412. The van der Waals surface area contributed by atoms with Crippen LogP contribution in [0.2, 0.25) is 0 Å². The predicted molar refractivity (Wildman–Crippen MR) is 91.0 cm³/mol. The third-order valence-corrected chi connectivity index (χ3v) is 6.11. The normalized spacial score (nSPS) is 15.9. The van der Waals surface area contributed by atoms with Gasteiger partial charge in [0.05, 0.1) is 0 Å². The van der Waals surface area contributed by atoms with E-state index < -0.39 is 21.0 Å². The van der Waals surface area contributed by atoms with Crippen LogP contribution in [0.4, 0.5) is 0 Å². The molecular weight excluding hydrogens is 326 g/mol. The van der Waals surface area contributed by atoms with Crippen LogP contribution >= 0.6 is 0 Å². The van der Waals surface area contributed by atoms with E-state index in [0.717, 1.165) is 18.4 Å². The Hall–Kier alpha value is -2.15. The Labute approximate surface area is 141 Å². The van der Waals surface area contributed by atoms with Crippen molar-refractivity contribution in [3.8, 4) is 0 Å². The van der Waals surface area contributed by atoms with Crippen LogP contribution in [0.3, 0.4) is 0 Å². The number of carbonyl (C=O) groups is 1. The molecule has 1 amide bonds. The van der Waals surface area contributed by atoms with Crippen LogP contribution in [-0.4, -0.2) is 35.2 Å². The van der Waals surface area contributed by atoms with Gasteiger partial charge in [-0.1, -0.05) is 30.3 Å². The summed E-state index contributed by atoms with van der Waals surface area (Å²) in [6, 6.07) is 9.91. The molecule has 3 rings (SSSR count). The lowest BCUT2D eigenvalue weighted by atomic mass is 10.2. The molecule has 0 bridgehead atoms. The summed E-state index contributed by atoms with van der Waals surface area (Å²) in [5.74, 6) is -0.213. The zero-order chi connectivity index (χ0) is 17.2. The van der Waals surface area contributed by atoms with Crippen molar-refractivity contribution in [2.45, 2.75) is 43.4 Å². The predicted octanol–water partition coefficient (Wildman–Crippen LogP) is 1.51. The van der Waals surface area contributed by atoms with E-state index in [1.54, 1.807) is 17.0 Å². The number of amides is 1. The fourth-order valence-electron chi connectivity index (χ4n) is 2.42. The van der Waals surface area contributed by atoms with Gasteiger partial charge in [0.1, 0.15) is 16.8 Å². The lowest BCUT2D eigenvalue weighted by Crippen LogP contribution is -2.39. The summed E-state index contributed by atoms with van der Waals surface area (Å²) in [4.78, 5) is 16.2. The Morgan fingerprint density at radius 3 is 2.71 bits per heavy atom. The summed E-state index contributed by atoms with van der Waals surface area (Å²) in [7, 11) is -3.61. The van der Waals surface area contributed by atoms with Crippen molar-refractivity contribution in [1.82, 2.24) is 14.9 Å². The van der Waals surface area contributed by atoms with E-state index in [1.807, 2.05) is 30.3 Å². The first-order valence-corrected chi connectivity index (χ1v) is 9.73. The van der Waals surface area contributed by atoms with Crippen molar-refractivity contribution >= 4 is 15.7 Å². The van der Waals surface area contributed by atoms with Crippen molar-refractivity contribution < 1.29 is 13.2 Å². The van der Waals surface area contributed by atoms with E-state index in [4.69, 9.17) is 0 Å². The second-order valence-corrected chi connectivity index (χ2v) is 8.51. The first-order chi connectivity index (χ1) is 11.5.